The number of hydrogen-bond donors (Lipinski definition) is 4. The second kappa shape index (κ2) is 8.56. The maximum absolute atomic E-state index is 13.8. The van der Waals surface area contributed by atoms with Crippen LogP contribution in [0.5, 0.6) is 0 Å². The third-order valence-corrected chi connectivity index (χ3v) is 7.54. The average Bonchev–Trinajstić information content (AvgIpc) is 2.94. The molecule has 0 bridgehead atoms. The van der Waals surface area contributed by atoms with E-state index in [1.54, 1.807) is 0 Å². The second-order valence-corrected chi connectivity index (χ2v) is 10.1. The molecule has 1 spiro atoms. The molecule has 4 N–H and O–H groups in total. The molecule has 0 saturated carbocycles. The van der Waals surface area contributed by atoms with Gasteiger partial charge in [0, 0.05) is 24.3 Å². The minimum Gasteiger partial charge on any atom is -0.390 e. The Labute approximate surface area is 179 Å². The Morgan fingerprint density at radius 2 is 1.80 bits per heavy atom. The molecule has 3 aliphatic rings. The van der Waals surface area contributed by atoms with E-state index in [1.165, 1.54) is 5.57 Å². The van der Waals surface area contributed by atoms with Gasteiger partial charge in [0.1, 0.15) is 11.5 Å². The highest BCUT2D eigenvalue weighted by molar-refractivity contribution is 6.09. The van der Waals surface area contributed by atoms with Gasteiger partial charge in [-0.05, 0) is 44.9 Å². The maximum Gasteiger partial charge on any atom is 0.235 e. The number of carbonyl (C=O) groups is 2. The summed E-state index contributed by atoms with van der Waals surface area (Å²) in [5, 5.41) is 34.3. The monoisotopic (exact) mass is 419 g/mol. The molecule has 0 radical (unpaired) electrons. The van der Waals surface area contributed by atoms with Gasteiger partial charge in [0.2, 0.25) is 5.91 Å². The Bertz CT molecular complexity index is 757. The summed E-state index contributed by atoms with van der Waals surface area (Å²) >= 11 is 0. The van der Waals surface area contributed by atoms with Crippen molar-refractivity contribution in [2.24, 2.45) is 29.1 Å². The molecule has 3 unspecified atom stereocenters. The van der Waals surface area contributed by atoms with Crippen LogP contribution in [0.2, 0.25) is 0 Å². The van der Waals surface area contributed by atoms with Crippen LogP contribution in [0.25, 0.3) is 0 Å². The molecule has 0 aromatic rings. The highest BCUT2D eigenvalue weighted by Gasteiger charge is 2.65. The van der Waals surface area contributed by atoms with Crippen molar-refractivity contribution in [1.29, 1.82) is 0 Å². The number of rotatable bonds is 2. The van der Waals surface area contributed by atoms with Crippen molar-refractivity contribution < 1.29 is 24.9 Å². The number of allylic oxidation sites excluding steroid dienone is 4. The smallest absolute Gasteiger partial charge is 0.235 e. The van der Waals surface area contributed by atoms with Gasteiger partial charge >= 0.3 is 0 Å². The van der Waals surface area contributed by atoms with Crippen LogP contribution in [-0.2, 0) is 9.59 Å². The first kappa shape index (κ1) is 23.2. The fourth-order valence-corrected chi connectivity index (χ4v) is 5.88. The van der Waals surface area contributed by atoms with Gasteiger partial charge in [-0.2, -0.15) is 0 Å². The predicted molar refractivity (Wildman–Crippen MR) is 114 cm³/mol. The molecule has 1 amide bonds. The van der Waals surface area contributed by atoms with E-state index >= 15 is 0 Å². The number of carbonyl (C=O) groups excluding carboxylic acids is 2. The van der Waals surface area contributed by atoms with Crippen LogP contribution in [0.1, 0.15) is 60.3 Å². The summed E-state index contributed by atoms with van der Waals surface area (Å²) in [4.78, 5) is 27.3. The first-order valence-corrected chi connectivity index (χ1v) is 11.2. The summed E-state index contributed by atoms with van der Waals surface area (Å²) in [7, 11) is 0. The number of aliphatic hydroxyl groups is 3. The third-order valence-electron chi connectivity index (χ3n) is 7.54. The number of aliphatic hydroxyl groups excluding tert-OH is 3. The molecule has 168 valence electrons. The van der Waals surface area contributed by atoms with Gasteiger partial charge in [-0.1, -0.05) is 44.1 Å². The zero-order valence-corrected chi connectivity index (χ0v) is 18.8. The molecule has 1 heterocycles. The molecule has 8 atom stereocenters. The minimum atomic E-state index is -1.41. The summed E-state index contributed by atoms with van der Waals surface area (Å²) < 4.78 is 0. The summed E-state index contributed by atoms with van der Waals surface area (Å²) in [6.45, 7) is 10.3. The zero-order chi connectivity index (χ0) is 22.4. The van der Waals surface area contributed by atoms with Crippen molar-refractivity contribution in [3.05, 3.63) is 23.3 Å². The van der Waals surface area contributed by atoms with Gasteiger partial charge in [-0.15, -0.1) is 0 Å². The van der Waals surface area contributed by atoms with E-state index in [9.17, 15) is 24.9 Å². The Morgan fingerprint density at radius 1 is 1.13 bits per heavy atom. The molecular formula is C24H37NO5. The lowest BCUT2D eigenvalue weighted by Gasteiger charge is -2.45. The van der Waals surface area contributed by atoms with E-state index in [0.29, 0.717) is 18.8 Å². The van der Waals surface area contributed by atoms with Crippen molar-refractivity contribution in [2.75, 3.05) is 0 Å². The van der Waals surface area contributed by atoms with Gasteiger partial charge in [-0.3, -0.25) is 9.59 Å². The lowest BCUT2D eigenvalue weighted by atomic mass is 9.54. The van der Waals surface area contributed by atoms with Gasteiger partial charge in [0.05, 0.1) is 12.2 Å². The van der Waals surface area contributed by atoms with Gasteiger partial charge < -0.3 is 20.6 Å². The van der Waals surface area contributed by atoms with Crippen LogP contribution < -0.4 is 5.32 Å². The topological polar surface area (TPSA) is 107 Å². The van der Waals surface area contributed by atoms with E-state index in [4.69, 9.17) is 0 Å². The molecule has 0 aromatic heterocycles. The van der Waals surface area contributed by atoms with Gasteiger partial charge in [0.15, 0.2) is 5.78 Å². The van der Waals surface area contributed by atoms with E-state index < -0.39 is 29.6 Å². The number of amides is 1. The van der Waals surface area contributed by atoms with Crippen LogP contribution in [0.4, 0.5) is 0 Å². The molecule has 1 aliphatic heterocycles. The van der Waals surface area contributed by atoms with Crippen molar-refractivity contribution in [2.45, 2.75) is 84.7 Å². The molecule has 1 saturated heterocycles. The molecule has 2 aliphatic carbocycles. The van der Waals surface area contributed by atoms with Gasteiger partial charge in [0.25, 0.3) is 0 Å². The molecule has 6 nitrogen and oxygen atoms in total. The molecule has 6 heteroatoms. The average molecular weight is 420 g/mol. The summed E-state index contributed by atoms with van der Waals surface area (Å²) in [6.07, 6.45) is 1.35. The lowest BCUT2D eigenvalue weighted by molar-refractivity contribution is -0.148. The van der Waals surface area contributed by atoms with E-state index in [2.05, 4.69) is 33.0 Å². The maximum atomic E-state index is 13.8. The minimum absolute atomic E-state index is 0.0411. The fraction of sp³-hybridized carbons (Fsp3) is 0.750. The highest BCUT2D eigenvalue weighted by atomic mass is 16.4. The molecule has 0 aromatic carbocycles. The summed E-state index contributed by atoms with van der Waals surface area (Å²) in [5.41, 5.74) is 0.834. The summed E-state index contributed by atoms with van der Waals surface area (Å²) in [6, 6.07) is -0.117. The number of hydrogen-bond acceptors (Lipinski definition) is 5. The van der Waals surface area contributed by atoms with Crippen LogP contribution in [0, 0.1) is 29.1 Å². The molecular weight excluding hydrogens is 382 g/mol. The second-order valence-electron chi connectivity index (χ2n) is 10.1. The molecule has 1 fully saturated rings. The van der Waals surface area contributed by atoms with Crippen LogP contribution >= 0.6 is 0 Å². The third kappa shape index (κ3) is 3.78. The first-order chi connectivity index (χ1) is 14.0. The number of ketones is 1. The van der Waals surface area contributed by atoms with Crippen LogP contribution in [-0.4, -0.2) is 51.4 Å². The van der Waals surface area contributed by atoms with Crippen LogP contribution in [0.3, 0.4) is 0 Å². The Hall–Kier alpha value is -1.50. The normalized spacial score (nSPS) is 44.4. The van der Waals surface area contributed by atoms with Gasteiger partial charge in [-0.25, -0.2) is 0 Å². The van der Waals surface area contributed by atoms with Crippen molar-refractivity contribution in [1.82, 2.24) is 5.32 Å². The van der Waals surface area contributed by atoms with Crippen molar-refractivity contribution >= 4 is 11.7 Å². The van der Waals surface area contributed by atoms with Crippen LogP contribution in [0.15, 0.2) is 23.3 Å². The summed E-state index contributed by atoms with van der Waals surface area (Å²) in [5.74, 6) is -0.827. The van der Waals surface area contributed by atoms with E-state index in [0.717, 1.165) is 12.0 Å². The lowest BCUT2D eigenvalue weighted by Crippen LogP contribution is -2.53. The number of Topliss-reactive ketones (excluding diaryl/α,β-unsaturated/α-hetero) is 1. The van der Waals surface area contributed by atoms with Crippen molar-refractivity contribution in [3.63, 3.8) is 0 Å². The number of nitrogens with one attached hydrogen (secondary N) is 1. The SMILES string of the molecule is CC1=C[C@@H]2/C=C(\C)CCC(O)C(O)C(O)CC(=O)[C@]23C(=O)N[C@@H](CC(C)C)[C@@H]3[C@@H]1C. The standard InChI is InChI=1S/C24H37NO5/c1-12(2)8-17-21-15(5)14(4)10-16-9-13(3)6-7-18(26)22(29)19(27)11-20(28)24(16,21)23(30)25-17/h9-10,12,15-19,21-22,26-27,29H,6-8,11H2,1-5H3,(H,25,30)/b13-9+/t15-,16+,17+,18?,19?,21+,22?,24-/m1/s1. The Kier molecular flexibility index (Phi) is 6.61. The first-order valence-electron chi connectivity index (χ1n) is 11.2. The Morgan fingerprint density at radius 3 is 2.43 bits per heavy atom. The molecule has 30 heavy (non-hydrogen) atoms. The largest absolute Gasteiger partial charge is 0.390 e. The van der Waals surface area contributed by atoms with Crippen molar-refractivity contribution in [3.8, 4) is 0 Å². The Balaban J connectivity index is 2.18. The van der Waals surface area contributed by atoms with E-state index in [-0.39, 0.29) is 36.0 Å². The van der Waals surface area contributed by atoms with E-state index in [1.807, 2.05) is 19.1 Å². The highest BCUT2D eigenvalue weighted by Crippen LogP contribution is 2.55. The zero-order valence-electron chi connectivity index (χ0n) is 18.8. The predicted octanol–water partition coefficient (Wildman–Crippen LogP) is 2.13. The fourth-order valence-electron chi connectivity index (χ4n) is 5.88. The quantitative estimate of drug-likeness (QED) is 0.405. The molecule has 3 rings (SSSR count).